The Morgan fingerprint density at radius 3 is 1.15 bits per heavy atom. The van der Waals surface area contributed by atoms with Gasteiger partial charge >= 0.3 is 11.9 Å². The molecule has 0 heterocycles. The van der Waals surface area contributed by atoms with Crippen molar-refractivity contribution in [2.45, 2.75) is 142 Å². The van der Waals surface area contributed by atoms with Gasteiger partial charge in [0.25, 0.3) is 0 Å². The second kappa shape index (κ2) is 17.8. The number of aliphatic carboxylic acids is 2. The molecule has 1 saturated carbocycles. The molecule has 2 atom stereocenters. The average Bonchev–Trinajstić information content (AvgIpc) is 2.85. The SMILES string of the molecule is C1CCCCC1.CCCCCCCCC1(C(=O)O)C=CC=CC1(CCCCCCCC)C(=O)O. The number of carboxylic acids is 2. The lowest BCUT2D eigenvalue weighted by atomic mass is 9.57. The summed E-state index contributed by atoms with van der Waals surface area (Å²) in [6.07, 6.45) is 29.1. The van der Waals surface area contributed by atoms with Gasteiger partial charge in [0.15, 0.2) is 0 Å². The molecular weight excluding hydrogens is 424 g/mol. The van der Waals surface area contributed by atoms with E-state index in [1.54, 1.807) is 24.3 Å². The predicted molar refractivity (Wildman–Crippen MR) is 142 cm³/mol. The summed E-state index contributed by atoms with van der Waals surface area (Å²) in [5, 5.41) is 20.3. The van der Waals surface area contributed by atoms with Gasteiger partial charge in [0.1, 0.15) is 10.8 Å². The van der Waals surface area contributed by atoms with Crippen LogP contribution in [-0.2, 0) is 9.59 Å². The normalized spacial score (nSPS) is 23.8. The number of carbonyl (C=O) groups is 2. The third kappa shape index (κ3) is 9.58. The van der Waals surface area contributed by atoms with Crippen LogP contribution >= 0.6 is 0 Å². The molecule has 1 fully saturated rings. The van der Waals surface area contributed by atoms with Crippen LogP contribution in [0.2, 0.25) is 0 Å². The molecule has 2 aliphatic carbocycles. The number of carboxylic acid groups (broad SMARTS) is 2. The summed E-state index contributed by atoms with van der Waals surface area (Å²) in [4.78, 5) is 24.8. The first-order valence-electron chi connectivity index (χ1n) is 14.3. The molecule has 2 N–H and O–H groups in total. The average molecular weight is 477 g/mol. The van der Waals surface area contributed by atoms with Crippen LogP contribution in [0, 0.1) is 10.8 Å². The standard InChI is InChI=1S/C24H40O4.C6H12/c1-3-5-7-9-11-13-17-23(21(25)26)19-15-16-20-24(23,22(27)28)18-14-12-10-8-6-4-2;1-2-4-6-5-3-1/h15-16,19-20H,3-14,17-18H2,1-2H3,(H,25,26)(H,27,28);1-6H2. The van der Waals surface area contributed by atoms with Gasteiger partial charge in [-0.25, -0.2) is 0 Å². The van der Waals surface area contributed by atoms with E-state index in [9.17, 15) is 19.8 Å². The molecule has 0 radical (unpaired) electrons. The van der Waals surface area contributed by atoms with Crippen molar-refractivity contribution in [2.75, 3.05) is 0 Å². The van der Waals surface area contributed by atoms with Crippen molar-refractivity contribution in [1.29, 1.82) is 0 Å². The van der Waals surface area contributed by atoms with Crippen LogP contribution in [0.1, 0.15) is 142 Å². The van der Waals surface area contributed by atoms with E-state index < -0.39 is 22.8 Å². The lowest BCUT2D eigenvalue weighted by Crippen LogP contribution is -2.51. The van der Waals surface area contributed by atoms with Crippen molar-refractivity contribution < 1.29 is 19.8 Å². The van der Waals surface area contributed by atoms with E-state index >= 15 is 0 Å². The van der Waals surface area contributed by atoms with Gasteiger partial charge in [-0.2, -0.15) is 0 Å². The summed E-state index contributed by atoms with van der Waals surface area (Å²) in [7, 11) is 0. The van der Waals surface area contributed by atoms with Crippen molar-refractivity contribution in [3.05, 3.63) is 24.3 Å². The Morgan fingerprint density at radius 2 is 0.853 bits per heavy atom. The van der Waals surface area contributed by atoms with E-state index in [4.69, 9.17) is 0 Å². The molecule has 2 rings (SSSR count). The molecule has 2 unspecified atom stereocenters. The van der Waals surface area contributed by atoms with Crippen molar-refractivity contribution in [2.24, 2.45) is 10.8 Å². The first kappa shape index (κ1) is 30.5. The fourth-order valence-electron chi connectivity index (χ4n) is 5.52. The van der Waals surface area contributed by atoms with Crippen LogP contribution in [-0.4, -0.2) is 22.2 Å². The molecule has 4 heteroatoms. The Bertz CT molecular complexity index is 560. The second-order valence-electron chi connectivity index (χ2n) is 10.4. The molecule has 0 aliphatic heterocycles. The Morgan fingerprint density at radius 1 is 0.559 bits per heavy atom. The van der Waals surface area contributed by atoms with Crippen LogP contribution in [0.15, 0.2) is 24.3 Å². The van der Waals surface area contributed by atoms with E-state index in [2.05, 4.69) is 13.8 Å². The van der Waals surface area contributed by atoms with Gasteiger partial charge in [-0.05, 0) is 12.8 Å². The Kier molecular flexibility index (Phi) is 15.9. The van der Waals surface area contributed by atoms with Crippen molar-refractivity contribution in [3.8, 4) is 0 Å². The third-order valence-electron chi connectivity index (χ3n) is 7.78. The summed E-state index contributed by atoms with van der Waals surface area (Å²) in [5.41, 5.74) is -2.69. The fourth-order valence-corrected chi connectivity index (χ4v) is 5.52. The minimum absolute atomic E-state index is 0.386. The van der Waals surface area contributed by atoms with Crippen molar-refractivity contribution >= 4 is 11.9 Å². The largest absolute Gasteiger partial charge is 0.481 e. The first-order chi connectivity index (χ1) is 16.5. The smallest absolute Gasteiger partial charge is 0.315 e. The van der Waals surface area contributed by atoms with Crippen LogP contribution in [0.4, 0.5) is 0 Å². The van der Waals surface area contributed by atoms with Gasteiger partial charge in [-0.3, -0.25) is 9.59 Å². The highest BCUT2D eigenvalue weighted by Crippen LogP contribution is 2.52. The maximum absolute atomic E-state index is 12.4. The monoisotopic (exact) mass is 476 g/mol. The first-order valence-corrected chi connectivity index (χ1v) is 14.3. The number of unbranched alkanes of at least 4 members (excludes halogenated alkanes) is 10. The molecule has 2 aliphatic rings. The van der Waals surface area contributed by atoms with Crippen LogP contribution in [0.3, 0.4) is 0 Å². The summed E-state index contributed by atoms with van der Waals surface area (Å²) in [6, 6.07) is 0. The van der Waals surface area contributed by atoms with E-state index in [0.29, 0.717) is 12.8 Å². The summed E-state index contributed by atoms with van der Waals surface area (Å²) in [5.74, 6) is -2.01. The predicted octanol–water partition coefficient (Wildman–Crippen LogP) is 9.10. The minimum Gasteiger partial charge on any atom is -0.481 e. The number of hydrogen-bond acceptors (Lipinski definition) is 2. The van der Waals surface area contributed by atoms with Gasteiger partial charge in [-0.1, -0.05) is 154 Å². The van der Waals surface area contributed by atoms with Crippen LogP contribution < -0.4 is 0 Å². The maximum atomic E-state index is 12.4. The van der Waals surface area contributed by atoms with E-state index in [-0.39, 0.29) is 0 Å². The zero-order valence-electron chi connectivity index (χ0n) is 22.2. The molecule has 4 nitrogen and oxygen atoms in total. The third-order valence-corrected chi connectivity index (χ3v) is 7.78. The lowest BCUT2D eigenvalue weighted by Gasteiger charge is -2.43. The van der Waals surface area contributed by atoms with Crippen molar-refractivity contribution in [1.82, 2.24) is 0 Å². The highest BCUT2D eigenvalue weighted by atomic mass is 16.4. The van der Waals surface area contributed by atoms with Gasteiger partial charge in [0, 0.05) is 0 Å². The van der Waals surface area contributed by atoms with E-state index in [0.717, 1.165) is 51.4 Å². The molecular formula is C30H52O4. The molecule has 0 saturated heterocycles. The van der Waals surface area contributed by atoms with Gasteiger partial charge in [-0.15, -0.1) is 0 Å². The summed E-state index contributed by atoms with van der Waals surface area (Å²) >= 11 is 0. The molecule has 0 amide bonds. The highest BCUT2D eigenvalue weighted by molar-refractivity contribution is 5.90. The highest BCUT2D eigenvalue weighted by Gasteiger charge is 2.58. The number of rotatable bonds is 16. The molecule has 0 spiro atoms. The Labute approximate surface area is 209 Å². The molecule has 0 aromatic heterocycles. The number of allylic oxidation sites excluding steroid dienone is 2. The molecule has 196 valence electrons. The van der Waals surface area contributed by atoms with E-state index in [1.807, 2.05) is 0 Å². The molecule has 34 heavy (non-hydrogen) atoms. The quantitative estimate of drug-likeness (QED) is 0.218. The molecule has 0 aromatic rings. The molecule has 0 bridgehead atoms. The summed E-state index contributed by atoms with van der Waals surface area (Å²) < 4.78 is 0. The van der Waals surface area contributed by atoms with Crippen LogP contribution in [0.25, 0.3) is 0 Å². The Balaban J connectivity index is 0.000000830. The molecule has 0 aromatic carbocycles. The zero-order chi connectivity index (χ0) is 25.1. The fraction of sp³-hybridized carbons (Fsp3) is 0.800. The Hall–Kier alpha value is -1.58. The maximum Gasteiger partial charge on any atom is 0.315 e. The van der Waals surface area contributed by atoms with Gasteiger partial charge in [0.2, 0.25) is 0 Å². The van der Waals surface area contributed by atoms with Gasteiger partial charge < -0.3 is 10.2 Å². The van der Waals surface area contributed by atoms with Crippen molar-refractivity contribution in [3.63, 3.8) is 0 Å². The zero-order valence-corrected chi connectivity index (χ0v) is 22.2. The lowest BCUT2D eigenvalue weighted by molar-refractivity contribution is -0.167. The van der Waals surface area contributed by atoms with Gasteiger partial charge in [0.05, 0.1) is 0 Å². The van der Waals surface area contributed by atoms with Crippen LogP contribution in [0.5, 0.6) is 0 Å². The van der Waals surface area contributed by atoms with E-state index in [1.165, 1.54) is 64.2 Å². The topological polar surface area (TPSA) is 74.6 Å². The summed E-state index contributed by atoms with van der Waals surface area (Å²) in [6.45, 7) is 4.34. The minimum atomic E-state index is -1.35. The number of hydrogen-bond donors (Lipinski definition) is 2. The second-order valence-corrected chi connectivity index (χ2v) is 10.4.